The molecule has 6 heteroatoms. The molecule has 3 rings (SSSR count). The molecule has 0 spiro atoms. The van der Waals surface area contributed by atoms with Crippen LogP contribution >= 0.6 is 11.3 Å². The fourth-order valence-electron chi connectivity index (χ4n) is 2.99. The Hall–Kier alpha value is -1.40. The molecule has 1 aromatic heterocycles. The first kappa shape index (κ1) is 14.5. The van der Waals surface area contributed by atoms with E-state index in [2.05, 4.69) is 27.7 Å². The number of amides is 2. The zero-order chi connectivity index (χ0) is 14.7. The van der Waals surface area contributed by atoms with Gasteiger partial charge in [-0.1, -0.05) is 6.07 Å². The Kier molecular flexibility index (Phi) is 4.55. The van der Waals surface area contributed by atoms with Crippen molar-refractivity contribution in [3.8, 4) is 0 Å². The minimum absolute atomic E-state index is 0.00231. The van der Waals surface area contributed by atoms with Crippen LogP contribution in [-0.4, -0.2) is 53.8 Å². The second-order valence-corrected chi connectivity index (χ2v) is 6.73. The van der Waals surface area contributed by atoms with Crippen molar-refractivity contribution in [3.05, 3.63) is 22.4 Å². The molecular formula is C15H21N3O2S. The smallest absolute Gasteiger partial charge is 0.245 e. The monoisotopic (exact) mass is 307 g/mol. The Bertz CT molecular complexity index is 503. The van der Waals surface area contributed by atoms with Crippen molar-refractivity contribution in [1.29, 1.82) is 0 Å². The van der Waals surface area contributed by atoms with E-state index in [1.54, 1.807) is 11.3 Å². The first-order valence-corrected chi connectivity index (χ1v) is 8.43. The van der Waals surface area contributed by atoms with Crippen molar-refractivity contribution in [3.63, 3.8) is 0 Å². The highest BCUT2D eigenvalue weighted by Gasteiger charge is 2.31. The van der Waals surface area contributed by atoms with Gasteiger partial charge in [-0.2, -0.15) is 0 Å². The molecule has 0 aliphatic carbocycles. The lowest BCUT2D eigenvalue weighted by molar-refractivity contribution is -0.134. The molecule has 2 aliphatic heterocycles. The summed E-state index contributed by atoms with van der Waals surface area (Å²) in [5, 5.41) is 4.88. The minimum atomic E-state index is -0.290. The summed E-state index contributed by atoms with van der Waals surface area (Å²) in [6, 6.07) is 3.95. The SMILES string of the molecule is O=C1CC[C@H](C(=O)N2CCCN(Cc3cccs3)CC2)N1. The van der Waals surface area contributed by atoms with Gasteiger partial charge in [-0.3, -0.25) is 14.5 Å². The van der Waals surface area contributed by atoms with Gasteiger partial charge in [0.25, 0.3) is 0 Å². The van der Waals surface area contributed by atoms with Gasteiger partial charge in [0, 0.05) is 44.0 Å². The molecule has 2 amide bonds. The van der Waals surface area contributed by atoms with E-state index < -0.39 is 0 Å². The van der Waals surface area contributed by atoms with Crippen LogP contribution in [0.4, 0.5) is 0 Å². The zero-order valence-corrected chi connectivity index (χ0v) is 12.9. The van der Waals surface area contributed by atoms with E-state index in [1.807, 2.05) is 4.90 Å². The number of nitrogens with zero attached hydrogens (tertiary/aromatic N) is 2. The third kappa shape index (κ3) is 3.63. The molecule has 2 fully saturated rings. The van der Waals surface area contributed by atoms with Crippen molar-refractivity contribution in [1.82, 2.24) is 15.1 Å². The summed E-state index contributed by atoms with van der Waals surface area (Å²) >= 11 is 1.78. The fraction of sp³-hybridized carbons (Fsp3) is 0.600. The molecule has 2 saturated heterocycles. The van der Waals surface area contributed by atoms with Crippen molar-refractivity contribution in [2.45, 2.75) is 31.8 Å². The van der Waals surface area contributed by atoms with Gasteiger partial charge in [-0.05, 0) is 24.3 Å². The van der Waals surface area contributed by atoms with E-state index in [0.717, 1.165) is 39.1 Å². The van der Waals surface area contributed by atoms with Crippen LogP contribution < -0.4 is 5.32 Å². The number of hydrogen-bond donors (Lipinski definition) is 1. The highest BCUT2D eigenvalue weighted by Crippen LogP contribution is 2.15. The zero-order valence-electron chi connectivity index (χ0n) is 12.1. The first-order valence-electron chi connectivity index (χ1n) is 7.55. The van der Waals surface area contributed by atoms with Crippen LogP contribution in [-0.2, 0) is 16.1 Å². The number of rotatable bonds is 3. The third-order valence-corrected chi connectivity index (χ3v) is 5.01. The van der Waals surface area contributed by atoms with E-state index in [1.165, 1.54) is 4.88 Å². The summed E-state index contributed by atoms with van der Waals surface area (Å²) in [4.78, 5) is 29.4. The molecule has 5 nitrogen and oxygen atoms in total. The lowest BCUT2D eigenvalue weighted by Crippen LogP contribution is -2.45. The number of hydrogen-bond acceptors (Lipinski definition) is 4. The molecule has 114 valence electrons. The summed E-state index contributed by atoms with van der Waals surface area (Å²) < 4.78 is 0. The molecule has 1 atom stereocenters. The second kappa shape index (κ2) is 6.58. The second-order valence-electron chi connectivity index (χ2n) is 5.69. The van der Waals surface area contributed by atoms with Gasteiger partial charge in [0.15, 0.2) is 0 Å². The van der Waals surface area contributed by atoms with E-state index in [9.17, 15) is 9.59 Å². The van der Waals surface area contributed by atoms with Crippen molar-refractivity contribution < 1.29 is 9.59 Å². The maximum absolute atomic E-state index is 12.4. The van der Waals surface area contributed by atoms with Crippen LogP contribution in [0.15, 0.2) is 17.5 Å². The van der Waals surface area contributed by atoms with Crippen LogP contribution in [0.3, 0.4) is 0 Å². The highest BCUT2D eigenvalue weighted by atomic mass is 32.1. The highest BCUT2D eigenvalue weighted by molar-refractivity contribution is 7.09. The maximum atomic E-state index is 12.4. The summed E-state index contributed by atoms with van der Waals surface area (Å²) in [6.07, 6.45) is 2.12. The van der Waals surface area contributed by atoms with Crippen molar-refractivity contribution >= 4 is 23.2 Å². The predicted octanol–water partition coefficient (Wildman–Crippen LogP) is 1.06. The Morgan fingerprint density at radius 2 is 2.24 bits per heavy atom. The number of thiophene rings is 1. The van der Waals surface area contributed by atoms with Gasteiger partial charge in [0.2, 0.25) is 11.8 Å². The largest absolute Gasteiger partial charge is 0.344 e. The number of carbonyl (C=O) groups is 2. The Labute approximate surface area is 128 Å². The van der Waals surface area contributed by atoms with Gasteiger partial charge >= 0.3 is 0 Å². The normalized spacial score (nSPS) is 23.9. The van der Waals surface area contributed by atoms with Crippen molar-refractivity contribution in [2.75, 3.05) is 26.2 Å². The van der Waals surface area contributed by atoms with E-state index in [0.29, 0.717) is 12.8 Å². The van der Waals surface area contributed by atoms with Crippen LogP contribution in [0.2, 0.25) is 0 Å². The van der Waals surface area contributed by atoms with Crippen LogP contribution in [0.5, 0.6) is 0 Å². The topological polar surface area (TPSA) is 52.7 Å². The average molecular weight is 307 g/mol. The lowest BCUT2D eigenvalue weighted by atomic mass is 10.2. The molecule has 21 heavy (non-hydrogen) atoms. The Morgan fingerprint density at radius 3 is 2.95 bits per heavy atom. The molecule has 0 aromatic carbocycles. The summed E-state index contributed by atoms with van der Waals surface area (Å²) in [7, 11) is 0. The molecule has 1 aromatic rings. The molecule has 0 radical (unpaired) electrons. The fourth-order valence-corrected chi connectivity index (χ4v) is 3.74. The molecule has 0 saturated carbocycles. The quantitative estimate of drug-likeness (QED) is 0.908. The van der Waals surface area contributed by atoms with Crippen LogP contribution in [0.1, 0.15) is 24.1 Å². The number of nitrogens with one attached hydrogen (secondary N) is 1. The van der Waals surface area contributed by atoms with Crippen molar-refractivity contribution in [2.24, 2.45) is 0 Å². The molecule has 2 aliphatic rings. The Morgan fingerprint density at radius 1 is 1.33 bits per heavy atom. The molecule has 0 unspecified atom stereocenters. The predicted molar refractivity (Wildman–Crippen MR) is 82.0 cm³/mol. The van der Waals surface area contributed by atoms with Gasteiger partial charge < -0.3 is 10.2 Å². The third-order valence-electron chi connectivity index (χ3n) is 4.15. The van der Waals surface area contributed by atoms with Gasteiger partial charge in [-0.25, -0.2) is 0 Å². The summed E-state index contributed by atoms with van der Waals surface area (Å²) in [5.74, 6) is 0.0984. The Balaban J connectivity index is 1.53. The maximum Gasteiger partial charge on any atom is 0.245 e. The first-order chi connectivity index (χ1) is 10.2. The molecule has 1 N–H and O–H groups in total. The van der Waals surface area contributed by atoms with Crippen LogP contribution in [0, 0.1) is 0 Å². The van der Waals surface area contributed by atoms with Gasteiger partial charge in [0.1, 0.15) is 6.04 Å². The minimum Gasteiger partial charge on any atom is -0.344 e. The standard InChI is InChI=1S/C15H21N3O2S/c19-14-5-4-13(16-14)15(20)18-7-2-6-17(8-9-18)11-12-3-1-10-21-12/h1,3,10,13H,2,4-9,11H2,(H,16,19)/t13-/m1/s1. The van der Waals surface area contributed by atoms with E-state index in [-0.39, 0.29) is 17.9 Å². The van der Waals surface area contributed by atoms with Gasteiger partial charge in [-0.15, -0.1) is 11.3 Å². The summed E-state index contributed by atoms with van der Waals surface area (Å²) in [5.41, 5.74) is 0. The molecule has 3 heterocycles. The summed E-state index contributed by atoms with van der Waals surface area (Å²) in [6.45, 7) is 4.46. The van der Waals surface area contributed by atoms with Crippen LogP contribution in [0.25, 0.3) is 0 Å². The van der Waals surface area contributed by atoms with E-state index >= 15 is 0 Å². The average Bonchev–Trinajstić information content (AvgIpc) is 3.07. The molecule has 0 bridgehead atoms. The van der Waals surface area contributed by atoms with Gasteiger partial charge in [0.05, 0.1) is 0 Å². The molecular weight excluding hydrogens is 286 g/mol. The lowest BCUT2D eigenvalue weighted by Gasteiger charge is -2.24. The van der Waals surface area contributed by atoms with E-state index in [4.69, 9.17) is 0 Å². The number of carbonyl (C=O) groups excluding carboxylic acids is 2.